The van der Waals surface area contributed by atoms with Crippen LogP contribution in [0.25, 0.3) is 0 Å². The van der Waals surface area contributed by atoms with Crippen molar-refractivity contribution in [2.24, 2.45) is 5.92 Å². The van der Waals surface area contributed by atoms with Crippen LogP contribution in [0, 0.1) is 5.92 Å². The van der Waals surface area contributed by atoms with Gasteiger partial charge >= 0.3 is 0 Å². The number of rotatable bonds is 7. The second-order valence-corrected chi connectivity index (χ2v) is 7.58. The zero-order valence-corrected chi connectivity index (χ0v) is 14.9. The highest BCUT2D eigenvalue weighted by Crippen LogP contribution is 2.35. The van der Waals surface area contributed by atoms with Crippen molar-refractivity contribution in [3.63, 3.8) is 0 Å². The van der Waals surface area contributed by atoms with E-state index in [2.05, 4.69) is 52.2 Å². The number of aromatic nitrogens is 1. The zero-order chi connectivity index (χ0) is 15.4. The van der Waals surface area contributed by atoms with Crippen molar-refractivity contribution in [1.82, 2.24) is 10.3 Å². The van der Waals surface area contributed by atoms with Gasteiger partial charge in [0.05, 0.1) is 17.8 Å². The van der Waals surface area contributed by atoms with Crippen molar-refractivity contribution >= 4 is 11.3 Å². The Morgan fingerprint density at radius 1 is 1.35 bits per heavy atom. The third kappa shape index (κ3) is 4.03. The Morgan fingerprint density at radius 2 is 2.00 bits per heavy atom. The van der Waals surface area contributed by atoms with E-state index in [9.17, 15) is 0 Å². The van der Waals surface area contributed by atoms with Crippen LogP contribution in [0.15, 0.2) is 5.38 Å². The van der Waals surface area contributed by atoms with Crippen LogP contribution in [0.1, 0.15) is 58.7 Å². The molecule has 1 aromatic heterocycles. The van der Waals surface area contributed by atoms with Crippen LogP contribution in [0.4, 0.5) is 0 Å². The number of hydrogen-bond acceptors (Lipinski definition) is 4. The maximum atomic E-state index is 5.17. The van der Waals surface area contributed by atoms with E-state index >= 15 is 0 Å². The van der Waals surface area contributed by atoms with Crippen molar-refractivity contribution in [3.05, 3.63) is 16.1 Å². The second kappa shape index (κ2) is 7.01. The minimum absolute atomic E-state index is 0.0819. The summed E-state index contributed by atoms with van der Waals surface area (Å²) >= 11 is 1.77. The standard InChI is InChI=1S/C16H30N2OS/c1-8-12(2)16(6,17-9-10-19-7)14-18-13(11-20-14)15(3,4)5/h11-12,17H,8-10H2,1-7H3. The first-order valence-electron chi connectivity index (χ1n) is 7.46. The van der Waals surface area contributed by atoms with Crippen molar-refractivity contribution in [1.29, 1.82) is 0 Å². The average molecular weight is 298 g/mol. The Bertz CT molecular complexity index is 411. The van der Waals surface area contributed by atoms with Gasteiger partial charge in [0.25, 0.3) is 0 Å². The van der Waals surface area contributed by atoms with Crippen LogP contribution in [-0.4, -0.2) is 25.2 Å². The van der Waals surface area contributed by atoms with Gasteiger partial charge in [0.15, 0.2) is 0 Å². The van der Waals surface area contributed by atoms with Crippen LogP contribution >= 0.6 is 11.3 Å². The van der Waals surface area contributed by atoms with Crippen LogP contribution in [0.2, 0.25) is 0 Å². The molecule has 0 saturated heterocycles. The molecule has 0 fully saturated rings. The molecule has 1 heterocycles. The molecule has 1 N–H and O–H groups in total. The molecule has 2 unspecified atom stereocenters. The molecule has 0 radical (unpaired) electrons. The third-order valence-electron chi connectivity index (χ3n) is 4.11. The van der Waals surface area contributed by atoms with E-state index in [0.717, 1.165) is 19.6 Å². The second-order valence-electron chi connectivity index (χ2n) is 6.72. The Labute approximate surface area is 128 Å². The lowest BCUT2D eigenvalue weighted by atomic mass is 9.85. The van der Waals surface area contributed by atoms with E-state index in [1.165, 1.54) is 10.7 Å². The maximum absolute atomic E-state index is 5.17. The monoisotopic (exact) mass is 298 g/mol. The molecule has 0 bridgehead atoms. The number of nitrogens with zero attached hydrogens (tertiary/aromatic N) is 1. The van der Waals surface area contributed by atoms with Gasteiger partial charge < -0.3 is 10.1 Å². The predicted molar refractivity (Wildman–Crippen MR) is 87.5 cm³/mol. The van der Waals surface area contributed by atoms with E-state index in [1.807, 2.05) is 0 Å². The number of nitrogens with one attached hydrogen (secondary N) is 1. The molecular weight excluding hydrogens is 268 g/mol. The highest BCUT2D eigenvalue weighted by Gasteiger charge is 2.35. The minimum Gasteiger partial charge on any atom is -0.383 e. The van der Waals surface area contributed by atoms with E-state index < -0.39 is 0 Å². The van der Waals surface area contributed by atoms with Crippen molar-refractivity contribution < 1.29 is 4.74 Å². The van der Waals surface area contributed by atoms with Crippen molar-refractivity contribution in [2.75, 3.05) is 20.3 Å². The SMILES string of the molecule is CCC(C)C(C)(NCCOC)c1nc(C(C)(C)C)cs1. The normalized spacial score (nSPS) is 16.9. The molecule has 0 aliphatic rings. The van der Waals surface area contributed by atoms with Crippen LogP contribution in [0.5, 0.6) is 0 Å². The summed E-state index contributed by atoms with van der Waals surface area (Å²) in [6.07, 6.45) is 1.13. The van der Waals surface area contributed by atoms with Gasteiger partial charge in [-0.25, -0.2) is 4.98 Å². The first-order chi connectivity index (χ1) is 9.25. The number of thiazole rings is 1. The Kier molecular flexibility index (Phi) is 6.17. The largest absolute Gasteiger partial charge is 0.383 e. The Morgan fingerprint density at radius 3 is 2.45 bits per heavy atom. The molecule has 4 heteroatoms. The molecule has 0 saturated carbocycles. The summed E-state index contributed by atoms with van der Waals surface area (Å²) in [6, 6.07) is 0. The highest BCUT2D eigenvalue weighted by molar-refractivity contribution is 7.09. The minimum atomic E-state index is -0.0819. The van der Waals surface area contributed by atoms with Crippen LogP contribution in [0.3, 0.4) is 0 Å². The van der Waals surface area contributed by atoms with Crippen molar-refractivity contribution in [3.8, 4) is 0 Å². The van der Waals surface area contributed by atoms with Gasteiger partial charge in [-0.2, -0.15) is 0 Å². The van der Waals surface area contributed by atoms with E-state index in [0.29, 0.717) is 5.92 Å². The number of hydrogen-bond donors (Lipinski definition) is 1. The van der Waals surface area contributed by atoms with Gasteiger partial charge in [-0.05, 0) is 12.8 Å². The third-order valence-corrected chi connectivity index (χ3v) is 5.19. The lowest BCUT2D eigenvalue weighted by Gasteiger charge is -2.35. The number of ether oxygens (including phenoxy) is 1. The van der Waals surface area contributed by atoms with Gasteiger partial charge in [0, 0.05) is 24.4 Å². The van der Waals surface area contributed by atoms with Gasteiger partial charge in [-0.1, -0.05) is 41.0 Å². The molecule has 20 heavy (non-hydrogen) atoms. The Hall–Kier alpha value is -0.450. The van der Waals surface area contributed by atoms with Crippen LogP contribution < -0.4 is 5.32 Å². The Balaban J connectivity index is 3.01. The summed E-state index contributed by atoms with van der Waals surface area (Å²) < 4.78 is 5.17. The molecule has 2 atom stereocenters. The molecule has 0 aliphatic heterocycles. The predicted octanol–water partition coefficient (Wildman–Crippen LogP) is 3.94. The smallest absolute Gasteiger partial charge is 0.113 e. The molecule has 0 aromatic carbocycles. The molecule has 116 valence electrons. The first kappa shape index (κ1) is 17.6. The highest BCUT2D eigenvalue weighted by atomic mass is 32.1. The van der Waals surface area contributed by atoms with Gasteiger partial charge in [-0.3, -0.25) is 0 Å². The fourth-order valence-electron chi connectivity index (χ4n) is 2.14. The molecular formula is C16H30N2OS. The van der Waals surface area contributed by atoms with Crippen LogP contribution in [-0.2, 0) is 15.7 Å². The summed E-state index contributed by atoms with van der Waals surface area (Å²) in [7, 11) is 1.74. The summed E-state index contributed by atoms with van der Waals surface area (Å²) in [5.74, 6) is 0.526. The maximum Gasteiger partial charge on any atom is 0.113 e. The van der Waals surface area contributed by atoms with Gasteiger partial charge in [0.1, 0.15) is 5.01 Å². The zero-order valence-electron chi connectivity index (χ0n) is 14.0. The molecule has 1 aromatic rings. The molecule has 1 rings (SSSR count). The van der Waals surface area contributed by atoms with Gasteiger partial charge in [-0.15, -0.1) is 11.3 Å². The number of methoxy groups -OCH3 is 1. The van der Waals surface area contributed by atoms with E-state index in [4.69, 9.17) is 9.72 Å². The fraction of sp³-hybridized carbons (Fsp3) is 0.812. The first-order valence-corrected chi connectivity index (χ1v) is 8.34. The lowest BCUT2D eigenvalue weighted by molar-refractivity contribution is 0.168. The van der Waals surface area contributed by atoms with E-state index in [-0.39, 0.29) is 11.0 Å². The lowest BCUT2D eigenvalue weighted by Crippen LogP contribution is -2.46. The molecule has 3 nitrogen and oxygen atoms in total. The quantitative estimate of drug-likeness (QED) is 0.774. The average Bonchev–Trinajstić information content (AvgIpc) is 2.87. The van der Waals surface area contributed by atoms with E-state index in [1.54, 1.807) is 18.4 Å². The molecule has 0 aliphatic carbocycles. The summed E-state index contributed by atoms with van der Waals surface area (Å²) in [5, 5.41) is 7.04. The molecule has 0 spiro atoms. The summed E-state index contributed by atoms with van der Waals surface area (Å²) in [6.45, 7) is 15.0. The van der Waals surface area contributed by atoms with Gasteiger partial charge in [0.2, 0.25) is 0 Å². The topological polar surface area (TPSA) is 34.1 Å². The summed E-state index contributed by atoms with van der Waals surface area (Å²) in [4.78, 5) is 4.92. The fourth-order valence-corrected chi connectivity index (χ4v) is 3.44. The molecule has 0 amide bonds. The summed E-state index contributed by atoms with van der Waals surface area (Å²) in [5.41, 5.74) is 1.21. The van der Waals surface area contributed by atoms with Crippen molar-refractivity contribution in [2.45, 2.75) is 58.9 Å².